The molecular weight excluding hydrogens is 312 g/mol. The maximum Gasteiger partial charge on any atom is 0.338 e. The third kappa shape index (κ3) is 3.48. The Morgan fingerprint density at radius 1 is 1.04 bits per heavy atom. The second-order valence-corrected chi connectivity index (χ2v) is 5.10. The number of esters is 1. The van der Waals surface area contributed by atoms with Gasteiger partial charge in [-0.2, -0.15) is 0 Å². The van der Waals surface area contributed by atoms with Gasteiger partial charge in [0.15, 0.2) is 17.3 Å². The molecule has 0 unspecified atom stereocenters. The van der Waals surface area contributed by atoms with Crippen molar-refractivity contribution in [2.45, 2.75) is 6.92 Å². The van der Waals surface area contributed by atoms with Gasteiger partial charge in [-0.15, -0.1) is 0 Å². The second-order valence-electron chi connectivity index (χ2n) is 5.10. The molecule has 124 valence electrons. The summed E-state index contributed by atoms with van der Waals surface area (Å²) in [7, 11) is 0. The first-order valence-electron chi connectivity index (χ1n) is 7.44. The lowest BCUT2D eigenvalue weighted by Gasteiger charge is -2.10. The number of ether oxygens (including phenoxy) is 4. The van der Waals surface area contributed by atoms with Crippen LogP contribution in [0.2, 0.25) is 0 Å². The van der Waals surface area contributed by atoms with Crippen molar-refractivity contribution in [2.24, 2.45) is 0 Å². The summed E-state index contributed by atoms with van der Waals surface area (Å²) in [6.45, 7) is 1.85. The van der Waals surface area contributed by atoms with Crippen LogP contribution in [0.4, 0.5) is 0 Å². The van der Waals surface area contributed by atoms with E-state index in [0.717, 1.165) is 0 Å². The van der Waals surface area contributed by atoms with Gasteiger partial charge >= 0.3 is 5.97 Å². The number of carbonyl (C=O) groups excluding carboxylic acids is 2. The molecule has 1 heterocycles. The minimum absolute atomic E-state index is 0.0690. The minimum atomic E-state index is -0.475. The van der Waals surface area contributed by atoms with Gasteiger partial charge in [0.25, 0.3) is 0 Å². The van der Waals surface area contributed by atoms with Gasteiger partial charge in [-0.1, -0.05) is 12.1 Å². The van der Waals surface area contributed by atoms with E-state index in [4.69, 9.17) is 18.9 Å². The van der Waals surface area contributed by atoms with Crippen molar-refractivity contribution < 1.29 is 28.5 Å². The Hall–Kier alpha value is -3.02. The van der Waals surface area contributed by atoms with E-state index in [0.29, 0.717) is 28.4 Å². The molecule has 0 spiro atoms. The smallest absolute Gasteiger partial charge is 0.338 e. The van der Waals surface area contributed by atoms with E-state index in [1.807, 2.05) is 0 Å². The molecule has 0 amide bonds. The van der Waals surface area contributed by atoms with E-state index in [1.54, 1.807) is 42.5 Å². The Morgan fingerprint density at radius 3 is 2.67 bits per heavy atom. The molecule has 1 aliphatic rings. The third-order valence-corrected chi connectivity index (χ3v) is 3.45. The Balaban J connectivity index is 1.52. The highest BCUT2D eigenvalue weighted by atomic mass is 16.7. The monoisotopic (exact) mass is 328 g/mol. The van der Waals surface area contributed by atoms with Crippen LogP contribution in [-0.4, -0.2) is 31.8 Å². The Morgan fingerprint density at radius 2 is 1.83 bits per heavy atom. The quantitative estimate of drug-likeness (QED) is 0.461. The summed E-state index contributed by atoms with van der Waals surface area (Å²) >= 11 is 0. The number of benzene rings is 2. The Bertz CT molecular complexity index is 768. The summed E-state index contributed by atoms with van der Waals surface area (Å²) < 4.78 is 21.1. The summed E-state index contributed by atoms with van der Waals surface area (Å²) in [4.78, 5) is 23.5. The highest BCUT2D eigenvalue weighted by Crippen LogP contribution is 2.32. The average Bonchev–Trinajstić information content (AvgIpc) is 3.06. The van der Waals surface area contributed by atoms with Crippen molar-refractivity contribution in [1.82, 2.24) is 0 Å². The van der Waals surface area contributed by atoms with Crippen LogP contribution in [-0.2, 0) is 4.74 Å². The summed E-state index contributed by atoms with van der Waals surface area (Å²) in [5.74, 6) is 1.05. The molecule has 1 aliphatic heterocycles. The summed E-state index contributed by atoms with van der Waals surface area (Å²) in [5, 5.41) is 0. The lowest BCUT2D eigenvalue weighted by molar-refractivity contribution is 0.0449. The fraction of sp³-hybridized carbons (Fsp3) is 0.222. The lowest BCUT2D eigenvalue weighted by Crippen LogP contribution is -2.13. The summed E-state index contributed by atoms with van der Waals surface area (Å²) in [5.41, 5.74) is 0.878. The predicted molar refractivity (Wildman–Crippen MR) is 84.8 cm³/mol. The normalized spacial score (nSPS) is 11.9. The highest BCUT2D eigenvalue weighted by Gasteiger charge is 2.17. The largest absolute Gasteiger partial charge is 0.489 e. The first-order chi connectivity index (χ1) is 11.6. The molecule has 24 heavy (non-hydrogen) atoms. The number of carbonyl (C=O) groups is 2. The predicted octanol–water partition coefficient (Wildman–Crippen LogP) is 2.85. The van der Waals surface area contributed by atoms with Crippen LogP contribution in [0.3, 0.4) is 0 Å². The number of hydrogen-bond acceptors (Lipinski definition) is 6. The molecular formula is C18H16O6. The molecule has 0 aliphatic carbocycles. The minimum Gasteiger partial charge on any atom is -0.489 e. The zero-order chi connectivity index (χ0) is 16.9. The van der Waals surface area contributed by atoms with Crippen molar-refractivity contribution in [1.29, 1.82) is 0 Å². The van der Waals surface area contributed by atoms with Crippen LogP contribution < -0.4 is 14.2 Å². The third-order valence-electron chi connectivity index (χ3n) is 3.45. The van der Waals surface area contributed by atoms with Crippen LogP contribution >= 0.6 is 0 Å². The number of fused-ring (bicyclic) bond motifs is 1. The van der Waals surface area contributed by atoms with E-state index < -0.39 is 5.97 Å². The molecule has 0 saturated carbocycles. The zero-order valence-corrected chi connectivity index (χ0v) is 13.1. The maximum atomic E-state index is 12.0. The molecule has 0 saturated heterocycles. The first-order valence-corrected chi connectivity index (χ1v) is 7.44. The van der Waals surface area contributed by atoms with Crippen LogP contribution in [0.25, 0.3) is 0 Å². The molecule has 6 heteroatoms. The molecule has 0 radical (unpaired) electrons. The van der Waals surface area contributed by atoms with Crippen LogP contribution in [0, 0.1) is 0 Å². The summed E-state index contributed by atoms with van der Waals surface area (Å²) in [6, 6.07) is 11.8. The van der Waals surface area contributed by atoms with E-state index >= 15 is 0 Å². The van der Waals surface area contributed by atoms with Crippen molar-refractivity contribution in [2.75, 3.05) is 20.0 Å². The van der Waals surface area contributed by atoms with E-state index in [1.165, 1.54) is 6.92 Å². The second kappa shape index (κ2) is 7.04. The highest BCUT2D eigenvalue weighted by molar-refractivity contribution is 5.96. The maximum absolute atomic E-state index is 12.0. The molecule has 2 aromatic rings. The Labute approximate surface area is 138 Å². The standard InChI is InChI=1S/C18H16O6/c1-12(19)14-4-2-3-5-15(14)21-8-9-22-18(20)13-6-7-16-17(10-13)24-11-23-16/h2-7,10H,8-9,11H2,1H3. The summed E-state index contributed by atoms with van der Waals surface area (Å²) in [6.07, 6.45) is 0. The van der Waals surface area contributed by atoms with E-state index in [2.05, 4.69) is 0 Å². The molecule has 0 fully saturated rings. The van der Waals surface area contributed by atoms with E-state index in [-0.39, 0.29) is 25.8 Å². The fourth-order valence-electron chi connectivity index (χ4n) is 2.28. The molecule has 0 atom stereocenters. The van der Waals surface area contributed by atoms with Gasteiger partial charge in [-0.25, -0.2) is 4.79 Å². The number of ketones is 1. The molecule has 0 aromatic heterocycles. The van der Waals surface area contributed by atoms with Crippen LogP contribution in [0.1, 0.15) is 27.6 Å². The van der Waals surface area contributed by atoms with Crippen LogP contribution in [0.5, 0.6) is 17.2 Å². The lowest BCUT2D eigenvalue weighted by atomic mass is 10.1. The topological polar surface area (TPSA) is 71.1 Å². The van der Waals surface area contributed by atoms with E-state index in [9.17, 15) is 9.59 Å². The molecule has 6 nitrogen and oxygen atoms in total. The van der Waals surface area contributed by atoms with Gasteiger partial charge in [0.05, 0.1) is 11.1 Å². The number of para-hydroxylation sites is 1. The average molecular weight is 328 g/mol. The zero-order valence-electron chi connectivity index (χ0n) is 13.1. The van der Waals surface area contributed by atoms with Crippen molar-refractivity contribution in [3.8, 4) is 17.2 Å². The SMILES string of the molecule is CC(=O)c1ccccc1OCCOC(=O)c1ccc2c(c1)OCO2. The number of hydrogen-bond donors (Lipinski definition) is 0. The van der Waals surface area contributed by atoms with Crippen molar-refractivity contribution >= 4 is 11.8 Å². The first kappa shape index (κ1) is 15.9. The Kier molecular flexibility index (Phi) is 4.65. The van der Waals surface area contributed by atoms with Gasteiger partial charge in [0.2, 0.25) is 6.79 Å². The molecule has 3 rings (SSSR count). The van der Waals surface area contributed by atoms with Crippen molar-refractivity contribution in [3.05, 3.63) is 53.6 Å². The number of Topliss-reactive ketones (excluding diaryl/α,β-unsaturated/α-hetero) is 1. The van der Waals surface area contributed by atoms with Gasteiger partial charge in [-0.3, -0.25) is 4.79 Å². The number of rotatable bonds is 6. The van der Waals surface area contributed by atoms with Gasteiger partial charge in [0.1, 0.15) is 19.0 Å². The van der Waals surface area contributed by atoms with Crippen LogP contribution in [0.15, 0.2) is 42.5 Å². The molecule has 2 aromatic carbocycles. The van der Waals surface area contributed by atoms with Gasteiger partial charge < -0.3 is 18.9 Å². The van der Waals surface area contributed by atoms with Gasteiger partial charge in [0, 0.05) is 0 Å². The van der Waals surface area contributed by atoms with Crippen molar-refractivity contribution in [3.63, 3.8) is 0 Å². The fourth-order valence-corrected chi connectivity index (χ4v) is 2.28. The molecule has 0 N–H and O–H groups in total. The van der Waals surface area contributed by atoms with Gasteiger partial charge in [-0.05, 0) is 37.3 Å². The molecule has 0 bridgehead atoms.